The Morgan fingerprint density at radius 3 is 2.55 bits per heavy atom. The van der Waals surface area contributed by atoms with Crippen LogP contribution in [-0.4, -0.2) is 43.1 Å². The number of rotatable bonds is 3. The van der Waals surface area contributed by atoms with Crippen LogP contribution >= 0.6 is 15.9 Å². The molecule has 5 nitrogen and oxygen atoms in total. The molecule has 0 amide bonds. The van der Waals surface area contributed by atoms with E-state index in [2.05, 4.69) is 15.9 Å². The largest absolute Gasteiger partial charge is 0.392 e. The van der Waals surface area contributed by atoms with Crippen molar-refractivity contribution in [1.82, 2.24) is 4.31 Å². The number of halogens is 1. The zero-order chi connectivity index (χ0) is 14.3. The van der Waals surface area contributed by atoms with Crippen LogP contribution in [0.3, 0.4) is 0 Å². The quantitative estimate of drug-likeness (QED) is 0.885. The van der Waals surface area contributed by atoms with Gasteiger partial charge >= 0.3 is 0 Å². The van der Waals surface area contributed by atoms with Gasteiger partial charge in [-0.2, -0.15) is 4.31 Å². The molecule has 2 aliphatic heterocycles. The Kier molecular flexibility index (Phi) is 3.89. The van der Waals surface area contributed by atoms with E-state index in [1.54, 1.807) is 12.1 Å². The van der Waals surface area contributed by atoms with Gasteiger partial charge in [-0.05, 0) is 46.5 Å². The van der Waals surface area contributed by atoms with Crippen molar-refractivity contribution in [3.8, 4) is 0 Å². The first-order valence-electron chi connectivity index (χ1n) is 6.55. The zero-order valence-electron chi connectivity index (χ0n) is 10.8. The molecule has 2 aliphatic rings. The summed E-state index contributed by atoms with van der Waals surface area (Å²) in [5, 5.41) is 9.18. The summed E-state index contributed by atoms with van der Waals surface area (Å²) in [6.45, 7) is 0.646. The first kappa shape index (κ1) is 14.5. The second-order valence-corrected chi connectivity index (χ2v) is 7.96. The minimum atomic E-state index is -3.56. The third-order valence-electron chi connectivity index (χ3n) is 3.81. The molecule has 20 heavy (non-hydrogen) atoms. The molecule has 1 aromatic carbocycles. The molecule has 0 saturated carbocycles. The van der Waals surface area contributed by atoms with Gasteiger partial charge in [-0.1, -0.05) is 6.07 Å². The van der Waals surface area contributed by atoms with E-state index in [1.807, 2.05) is 0 Å². The molecule has 110 valence electrons. The summed E-state index contributed by atoms with van der Waals surface area (Å²) in [4.78, 5) is 0.213. The number of aliphatic hydroxyl groups excluding tert-OH is 1. The summed E-state index contributed by atoms with van der Waals surface area (Å²) in [6.07, 6.45) is 1.88. The normalized spacial score (nSPS) is 26.9. The van der Waals surface area contributed by atoms with E-state index in [1.165, 1.54) is 10.4 Å². The highest BCUT2D eigenvalue weighted by atomic mass is 79.9. The van der Waals surface area contributed by atoms with Crippen LogP contribution in [0.4, 0.5) is 0 Å². The summed E-state index contributed by atoms with van der Waals surface area (Å²) in [7, 11) is -3.56. The Morgan fingerprint density at radius 1 is 1.30 bits per heavy atom. The molecule has 1 N–H and O–H groups in total. The third kappa shape index (κ3) is 2.53. The van der Waals surface area contributed by atoms with E-state index in [0.717, 1.165) is 12.8 Å². The van der Waals surface area contributed by atoms with Crippen LogP contribution in [0.15, 0.2) is 27.6 Å². The van der Waals surface area contributed by atoms with Gasteiger partial charge in [-0.15, -0.1) is 0 Å². The van der Waals surface area contributed by atoms with E-state index in [0.29, 0.717) is 23.1 Å². The molecule has 0 radical (unpaired) electrons. The van der Waals surface area contributed by atoms with Crippen molar-refractivity contribution in [2.24, 2.45) is 0 Å². The maximum atomic E-state index is 12.8. The van der Waals surface area contributed by atoms with Crippen LogP contribution in [0.5, 0.6) is 0 Å². The summed E-state index contributed by atoms with van der Waals surface area (Å²) >= 11 is 3.29. The Balaban J connectivity index is 1.95. The predicted molar refractivity (Wildman–Crippen MR) is 76.7 cm³/mol. The first-order valence-corrected chi connectivity index (χ1v) is 8.79. The van der Waals surface area contributed by atoms with Gasteiger partial charge in [0, 0.05) is 17.6 Å². The number of fused-ring (bicyclic) bond motifs is 2. The van der Waals surface area contributed by atoms with Crippen molar-refractivity contribution >= 4 is 26.0 Å². The van der Waals surface area contributed by atoms with Gasteiger partial charge in [0.25, 0.3) is 0 Å². The lowest BCUT2D eigenvalue weighted by molar-refractivity contribution is -0.0114. The van der Waals surface area contributed by atoms with Crippen LogP contribution in [0.2, 0.25) is 0 Å². The summed E-state index contributed by atoms with van der Waals surface area (Å²) in [5.41, 5.74) is 0.586. The first-order chi connectivity index (χ1) is 9.50. The van der Waals surface area contributed by atoms with E-state index >= 15 is 0 Å². The van der Waals surface area contributed by atoms with E-state index in [-0.39, 0.29) is 23.7 Å². The van der Waals surface area contributed by atoms with Crippen molar-refractivity contribution in [3.05, 3.63) is 28.2 Å². The number of ether oxygens (including phenoxy) is 1. The Morgan fingerprint density at radius 2 is 1.95 bits per heavy atom. The third-order valence-corrected chi connectivity index (χ3v) is 6.63. The fourth-order valence-electron chi connectivity index (χ4n) is 2.76. The molecule has 7 heteroatoms. The molecule has 2 saturated heterocycles. The molecule has 3 rings (SSSR count). The molecule has 0 spiro atoms. The second kappa shape index (κ2) is 5.38. The number of aliphatic hydroxyl groups is 1. The van der Waals surface area contributed by atoms with Gasteiger partial charge < -0.3 is 9.84 Å². The molecule has 2 bridgehead atoms. The predicted octanol–water partition coefficient (Wildman–Crippen LogP) is 1.49. The lowest BCUT2D eigenvalue weighted by Gasteiger charge is -2.31. The highest BCUT2D eigenvalue weighted by Gasteiger charge is 2.39. The van der Waals surface area contributed by atoms with Crippen LogP contribution < -0.4 is 0 Å². The minimum absolute atomic E-state index is 0.0170. The molecular weight excluding hydrogens is 346 g/mol. The van der Waals surface area contributed by atoms with Gasteiger partial charge in [-0.25, -0.2) is 8.42 Å². The second-order valence-electron chi connectivity index (χ2n) is 5.20. The molecule has 2 fully saturated rings. The lowest BCUT2D eigenvalue weighted by atomic mass is 10.2. The van der Waals surface area contributed by atoms with Crippen molar-refractivity contribution in [2.45, 2.75) is 36.6 Å². The molecule has 0 aliphatic carbocycles. The van der Waals surface area contributed by atoms with Crippen LogP contribution in [0, 0.1) is 0 Å². The van der Waals surface area contributed by atoms with Crippen LogP contribution in [-0.2, 0) is 21.4 Å². The Labute approximate surface area is 126 Å². The fourth-order valence-corrected chi connectivity index (χ4v) is 5.23. The molecule has 1 aromatic rings. The van der Waals surface area contributed by atoms with E-state index in [9.17, 15) is 13.5 Å². The van der Waals surface area contributed by atoms with Gasteiger partial charge in [0.05, 0.1) is 23.7 Å². The number of hydrogen-bond donors (Lipinski definition) is 1. The van der Waals surface area contributed by atoms with Gasteiger partial charge in [0.15, 0.2) is 0 Å². The van der Waals surface area contributed by atoms with Crippen molar-refractivity contribution in [2.75, 3.05) is 13.1 Å². The summed E-state index contributed by atoms with van der Waals surface area (Å²) < 4.78 is 33.2. The summed E-state index contributed by atoms with van der Waals surface area (Å²) in [5.74, 6) is 0. The maximum absolute atomic E-state index is 12.8. The minimum Gasteiger partial charge on any atom is -0.392 e. The number of morpholine rings is 1. The molecular formula is C13H16BrNO4S. The standard InChI is InChI=1S/C13H16BrNO4S/c14-12-4-1-9(8-16)5-13(12)20(17,18)15-6-10-2-3-11(7-15)19-10/h1,4-5,10-11,16H,2-3,6-8H2. The SMILES string of the molecule is O=S(=O)(c1cc(CO)ccc1Br)N1CC2CCC(C1)O2. The number of benzene rings is 1. The summed E-state index contributed by atoms with van der Waals surface area (Å²) in [6, 6.07) is 4.89. The monoisotopic (exact) mass is 361 g/mol. The topological polar surface area (TPSA) is 66.8 Å². The van der Waals surface area contributed by atoms with Crippen molar-refractivity contribution in [1.29, 1.82) is 0 Å². The maximum Gasteiger partial charge on any atom is 0.244 e. The van der Waals surface area contributed by atoms with Gasteiger partial charge in [0.1, 0.15) is 0 Å². The Hall–Kier alpha value is -0.470. The molecule has 0 aromatic heterocycles. The highest BCUT2D eigenvalue weighted by Crippen LogP contribution is 2.32. The van der Waals surface area contributed by atoms with Gasteiger partial charge in [0.2, 0.25) is 10.0 Å². The Bertz CT molecular complexity index is 607. The average molecular weight is 362 g/mol. The molecule has 2 heterocycles. The number of nitrogens with zero attached hydrogens (tertiary/aromatic N) is 1. The van der Waals surface area contributed by atoms with Crippen LogP contribution in [0.25, 0.3) is 0 Å². The van der Waals surface area contributed by atoms with Crippen molar-refractivity contribution < 1.29 is 18.3 Å². The number of hydrogen-bond acceptors (Lipinski definition) is 4. The van der Waals surface area contributed by atoms with Crippen molar-refractivity contribution in [3.63, 3.8) is 0 Å². The smallest absolute Gasteiger partial charge is 0.244 e. The fraction of sp³-hybridized carbons (Fsp3) is 0.538. The zero-order valence-corrected chi connectivity index (χ0v) is 13.2. The molecule has 2 atom stereocenters. The van der Waals surface area contributed by atoms with Crippen LogP contribution in [0.1, 0.15) is 18.4 Å². The lowest BCUT2D eigenvalue weighted by Crippen LogP contribution is -2.45. The van der Waals surface area contributed by atoms with Gasteiger partial charge in [-0.3, -0.25) is 0 Å². The van der Waals surface area contributed by atoms with E-state index < -0.39 is 10.0 Å². The number of sulfonamides is 1. The van der Waals surface area contributed by atoms with E-state index in [4.69, 9.17) is 4.74 Å². The molecule has 2 unspecified atom stereocenters. The highest BCUT2D eigenvalue weighted by molar-refractivity contribution is 9.10. The average Bonchev–Trinajstić information content (AvgIpc) is 2.77.